The molecule has 2 rings (SSSR count). The summed E-state index contributed by atoms with van der Waals surface area (Å²) >= 11 is 0. The molecule has 1 aromatic carbocycles. The second kappa shape index (κ2) is 9.36. The van der Waals surface area contributed by atoms with E-state index in [2.05, 4.69) is 10.3 Å². The van der Waals surface area contributed by atoms with Crippen molar-refractivity contribution >= 4 is 17.6 Å². The van der Waals surface area contributed by atoms with Crippen LogP contribution in [0.4, 0.5) is 10.1 Å². The van der Waals surface area contributed by atoms with E-state index in [1.165, 1.54) is 12.1 Å². The van der Waals surface area contributed by atoms with Gasteiger partial charge in [-0.05, 0) is 37.1 Å². The molecule has 25 heavy (non-hydrogen) atoms. The number of hydrogen-bond acceptors (Lipinski definition) is 4. The Bertz CT molecular complexity index is 722. The highest BCUT2D eigenvalue weighted by atomic mass is 19.1. The summed E-state index contributed by atoms with van der Waals surface area (Å²) in [5, 5.41) is 11.1. The fourth-order valence-corrected chi connectivity index (χ4v) is 2.12. The van der Waals surface area contributed by atoms with Crippen molar-refractivity contribution in [3.63, 3.8) is 0 Å². The van der Waals surface area contributed by atoms with Gasteiger partial charge < -0.3 is 15.2 Å². The van der Waals surface area contributed by atoms with Crippen molar-refractivity contribution in [3.05, 3.63) is 54.1 Å². The molecule has 0 bridgehead atoms. The lowest BCUT2D eigenvalue weighted by Crippen LogP contribution is -2.11. The molecular formula is C18H19FN2O4. The second-order valence-electron chi connectivity index (χ2n) is 5.40. The van der Waals surface area contributed by atoms with Gasteiger partial charge in [-0.15, -0.1) is 0 Å². The predicted octanol–water partition coefficient (Wildman–Crippen LogP) is 3.38. The Kier molecular flexibility index (Phi) is 6.88. The third-order valence-electron chi connectivity index (χ3n) is 3.36. The van der Waals surface area contributed by atoms with Crippen molar-refractivity contribution < 1.29 is 23.8 Å². The normalized spacial score (nSPS) is 10.3. The Morgan fingerprint density at radius 3 is 2.64 bits per heavy atom. The summed E-state index contributed by atoms with van der Waals surface area (Å²) in [7, 11) is 0. The number of rotatable bonds is 9. The highest BCUT2D eigenvalue weighted by Gasteiger charge is 2.08. The van der Waals surface area contributed by atoms with Crippen LogP contribution < -0.4 is 10.1 Å². The van der Waals surface area contributed by atoms with Crippen LogP contribution in [0.1, 0.15) is 31.4 Å². The number of nitrogens with zero attached hydrogens (tertiary/aromatic N) is 1. The molecule has 0 spiro atoms. The van der Waals surface area contributed by atoms with E-state index in [1.807, 2.05) is 6.07 Å². The minimum atomic E-state index is -0.885. The van der Waals surface area contributed by atoms with E-state index in [0.717, 1.165) is 0 Å². The van der Waals surface area contributed by atoms with E-state index in [-0.39, 0.29) is 31.1 Å². The number of pyridine rings is 1. The maximum atomic E-state index is 14.0. The van der Waals surface area contributed by atoms with Gasteiger partial charge in [-0.1, -0.05) is 6.07 Å². The molecule has 2 aromatic rings. The van der Waals surface area contributed by atoms with Gasteiger partial charge in [0.25, 0.3) is 0 Å². The van der Waals surface area contributed by atoms with Crippen molar-refractivity contribution in [1.29, 1.82) is 0 Å². The third kappa shape index (κ3) is 6.58. The molecule has 1 heterocycles. The SMILES string of the molecule is O=C(O)CCCCC(=O)Nc1ccc(OCc2ccccn2)c(F)c1. The fourth-order valence-electron chi connectivity index (χ4n) is 2.12. The van der Waals surface area contributed by atoms with Crippen LogP contribution in [0.2, 0.25) is 0 Å². The van der Waals surface area contributed by atoms with Gasteiger partial charge in [-0.2, -0.15) is 0 Å². The van der Waals surface area contributed by atoms with E-state index in [9.17, 15) is 14.0 Å². The molecule has 0 aliphatic heterocycles. The topological polar surface area (TPSA) is 88.5 Å². The van der Waals surface area contributed by atoms with Crippen LogP contribution in [-0.2, 0) is 16.2 Å². The molecule has 2 N–H and O–H groups in total. The van der Waals surface area contributed by atoms with Crippen LogP contribution >= 0.6 is 0 Å². The first kappa shape index (κ1) is 18.4. The molecule has 0 fully saturated rings. The average Bonchev–Trinajstić information content (AvgIpc) is 2.59. The van der Waals surface area contributed by atoms with Crippen molar-refractivity contribution in [3.8, 4) is 5.75 Å². The van der Waals surface area contributed by atoms with Crippen LogP contribution in [-0.4, -0.2) is 22.0 Å². The maximum absolute atomic E-state index is 14.0. The first-order valence-electron chi connectivity index (χ1n) is 7.88. The van der Waals surface area contributed by atoms with E-state index in [0.29, 0.717) is 24.2 Å². The van der Waals surface area contributed by atoms with Gasteiger partial charge in [0.15, 0.2) is 11.6 Å². The third-order valence-corrected chi connectivity index (χ3v) is 3.36. The Morgan fingerprint density at radius 2 is 1.96 bits per heavy atom. The number of benzene rings is 1. The Hall–Kier alpha value is -2.96. The first-order valence-corrected chi connectivity index (χ1v) is 7.88. The van der Waals surface area contributed by atoms with E-state index < -0.39 is 11.8 Å². The molecule has 0 aliphatic rings. The standard InChI is InChI=1S/C18H19FN2O4/c19-15-11-13(21-17(22)6-1-2-7-18(23)24)8-9-16(15)25-12-14-5-3-4-10-20-14/h3-5,8-11H,1-2,6-7,12H2,(H,21,22)(H,23,24). The van der Waals surface area contributed by atoms with Crippen LogP contribution in [0.5, 0.6) is 5.75 Å². The number of carboxylic acid groups (broad SMARTS) is 1. The molecule has 0 atom stereocenters. The number of unbranched alkanes of at least 4 members (excludes halogenated alkanes) is 1. The van der Waals surface area contributed by atoms with Gasteiger partial charge in [-0.25, -0.2) is 4.39 Å². The zero-order chi connectivity index (χ0) is 18.1. The number of halogens is 1. The molecule has 132 valence electrons. The van der Waals surface area contributed by atoms with Gasteiger partial charge in [0.1, 0.15) is 6.61 Å². The van der Waals surface area contributed by atoms with Crippen molar-refractivity contribution in [1.82, 2.24) is 4.98 Å². The Balaban J connectivity index is 1.82. The first-order chi connectivity index (χ1) is 12.0. The predicted molar refractivity (Wildman–Crippen MR) is 89.7 cm³/mol. The molecular weight excluding hydrogens is 327 g/mol. The van der Waals surface area contributed by atoms with Crippen LogP contribution in [0.15, 0.2) is 42.6 Å². The number of aliphatic carboxylic acids is 1. The highest BCUT2D eigenvalue weighted by Crippen LogP contribution is 2.22. The van der Waals surface area contributed by atoms with Crippen LogP contribution in [0, 0.1) is 5.82 Å². The van der Waals surface area contributed by atoms with Crippen LogP contribution in [0.3, 0.4) is 0 Å². The highest BCUT2D eigenvalue weighted by molar-refractivity contribution is 5.90. The van der Waals surface area contributed by atoms with Crippen molar-refractivity contribution in [2.75, 3.05) is 5.32 Å². The number of carbonyl (C=O) groups excluding carboxylic acids is 1. The van der Waals surface area contributed by atoms with E-state index in [4.69, 9.17) is 9.84 Å². The maximum Gasteiger partial charge on any atom is 0.303 e. The van der Waals surface area contributed by atoms with Gasteiger partial charge in [0, 0.05) is 30.8 Å². The lowest BCUT2D eigenvalue weighted by molar-refractivity contribution is -0.137. The smallest absolute Gasteiger partial charge is 0.303 e. The van der Waals surface area contributed by atoms with Gasteiger partial charge >= 0.3 is 5.97 Å². The molecule has 1 amide bonds. The summed E-state index contributed by atoms with van der Waals surface area (Å²) in [6, 6.07) is 9.55. The van der Waals surface area contributed by atoms with Crippen molar-refractivity contribution in [2.45, 2.75) is 32.3 Å². The number of anilines is 1. The molecule has 0 aliphatic carbocycles. The molecule has 6 nitrogen and oxygen atoms in total. The fraction of sp³-hybridized carbons (Fsp3) is 0.278. The lowest BCUT2D eigenvalue weighted by atomic mass is 10.2. The minimum Gasteiger partial charge on any atom is -0.484 e. The average molecular weight is 346 g/mol. The van der Waals surface area contributed by atoms with Gasteiger partial charge in [0.2, 0.25) is 5.91 Å². The minimum absolute atomic E-state index is 0.0320. The van der Waals surface area contributed by atoms with Crippen LogP contribution in [0.25, 0.3) is 0 Å². The summed E-state index contributed by atoms with van der Waals surface area (Å²) in [6.45, 7) is 0.146. The molecule has 7 heteroatoms. The second-order valence-corrected chi connectivity index (χ2v) is 5.40. The summed E-state index contributed by atoms with van der Waals surface area (Å²) in [5.74, 6) is -1.68. The van der Waals surface area contributed by atoms with E-state index in [1.54, 1.807) is 24.4 Å². The van der Waals surface area contributed by atoms with Gasteiger partial charge in [0.05, 0.1) is 5.69 Å². The van der Waals surface area contributed by atoms with E-state index >= 15 is 0 Å². The number of ether oxygens (including phenoxy) is 1. The zero-order valence-corrected chi connectivity index (χ0v) is 13.6. The summed E-state index contributed by atoms with van der Waals surface area (Å²) in [6.07, 6.45) is 2.74. The lowest BCUT2D eigenvalue weighted by Gasteiger charge is -2.09. The molecule has 0 saturated carbocycles. The largest absolute Gasteiger partial charge is 0.484 e. The Labute approximate surface area is 144 Å². The molecule has 0 unspecified atom stereocenters. The number of hydrogen-bond donors (Lipinski definition) is 2. The summed E-state index contributed by atoms with van der Waals surface area (Å²) in [5.41, 5.74) is 1.01. The molecule has 1 aromatic heterocycles. The monoisotopic (exact) mass is 346 g/mol. The summed E-state index contributed by atoms with van der Waals surface area (Å²) < 4.78 is 19.4. The summed E-state index contributed by atoms with van der Waals surface area (Å²) in [4.78, 5) is 26.2. The quantitative estimate of drug-likeness (QED) is 0.680. The Morgan fingerprint density at radius 1 is 1.16 bits per heavy atom. The number of carboxylic acids is 1. The van der Waals surface area contributed by atoms with Crippen molar-refractivity contribution in [2.24, 2.45) is 0 Å². The number of amides is 1. The molecule has 0 saturated heterocycles. The number of carbonyl (C=O) groups is 2. The van der Waals surface area contributed by atoms with Gasteiger partial charge in [-0.3, -0.25) is 14.6 Å². The molecule has 0 radical (unpaired) electrons. The number of nitrogens with one attached hydrogen (secondary N) is 1. The number of aromatic nitrogens is 1. The zero-order valence-electron chi connectivity index (χ0n) is 13.6.